The normalized spacial score (nSPS) is 14.6. The summed E-state index contributed by atoms with van der Waals surface area (Å²) in [6, 6.07) is 12.2. The van der Waals surface area contributed by atoms with Crippen molar-refractivity contribution >= 4 is 56.0 Å². The maximum absolute atomic E-state index is 12.9. The topological polar surface area (TPSA) is 36.4 Å². The number of piperazine rings is 1. The van der Waals surface area contributed by atoms with Crippen LogP contribution in [0, 0.1) is 5.82 Å². The molecule has 2 heterocycles. The summed E-state index contributed by atoms with van der Waals surface area (Å²) in [7, 11) is 0. The van der Waals surface area contributed by atoms with Crippen molar-refractivity contribution in [3.05, 3.63) is 53.3 Å². The molecule has 0 spiro atoms. The molecular weight excluding hydrogens is 417 g/mol. The first-order valence-corrected chi connectivity index (χ1v) is 11.2. The molecule has 8 heteroatoms. The van der Waals surface area contributed by atoms with Gasteiger partial charge in [0.15, 0.2) is 5.13 Å². The Hall–Kier alpha value is -1.83. The van der Waals surface area contributed by atoms with E-state index in [4.69, 9.17) is 11.6 Å². The molecule has 1 aromatic heterocycles. The van der Waals surface area contributed by atoms with Gasteiger partial charge in [-0.05, 0) is 36.4 Å². The second-order valence-electron chi connectivity index (χ2n) is 6.50. The summed E-state index contributed by atoms with van der Waals surface area (Å²) < 4.78 is 14.0. The van der Waals surface area contributed by atoms with Gasteiger partial charge in [-0.25, -0.2) is 9.37 Å². The minimum Gasteiger partial charge on any atom is -0.345 e. The molecule has 146 valence electrons. The molecule has 0 bridgehead atoms. The lowest BCUT2D eigenvalue weighted by Gasteiger charge is -2.34. The van der Waals surface area contributed by atoms with Gasteiger partial charge in [-0.15, -0.1) is 11.8 Å². The van der Waals surface area contributed by atoms with E-state index in [1.165, 1.54) is 12.1 Å². The van der Waals surface area contributed by atoms with Gasteiger partial charge in [0.2, 0.25) is 5.91 Å². The smallest absolute Gasteiger partial charge is 0.223 e. The molecule has 1 amide bonds. The van der Waals surface area contributed by atoms with Crippen LogP contribution in [0.3, 0.4) is 0 Å². The number of aromatic nitrogens is 1. The summed E-state index contributed by atoms with van der Waals surface area (Å²) in [6.45, 7) is 2.94. The van der Waals surface area contributed by atoms with Gasteiger partial charge in [0, 0.05) is 43.2 Å². The number of carbonyl (C=O) groups excluding carboxylic acids is 1. The van der Waals surface area contributed by atoms with E-state index in [1.54, 1.807) is 35.2 Å². The van der Waals surface area contributed by atoms with Gasteiger partial charge in [0.05, 0.1) is 9.72 Å². The van der Waals surface area contributed by atoms with E-state index in [2.05, 4.69) is 9.88 Å². The van der Waals surface area contributed by atoms with Crippen LogP contribution in [-0.2, 0) is 4.79 Å². The van der Waals surface area contributed by atoms with Gasteiger partial charge in [-0.3, -0.25) is 4.79 Å². The standard InChI is InChI=1S/C20H19ClFN3OS2/c21-16-2-1-3-17-19(16)23-20(28-17)25-11-9-24(10-12-25)18(26)8-13-27-15-6-4-14(22)5-7-15/h1-7H,8-13H2. The van der Waals surface area contributed by atoms with E-state index in [0.29, 0.717) is 30.3 Å². The van der Waals surface area contributed by atoms with Crippen LogP contribution < -0.4 is 4.90 Å². The highest BCUT2D eigenvalue weighted by molar-refractivity contribution is 7.99. The first-order valence-electron chi connectivity index (χ1n) is 9.06. The van der Waals surface area contributed by atoms with Crippen molar-refractivity contribution in [2.75, 3.05) is 36.8 Å². The minimum absolute atomic E-state index is 0.168. The summed E-state index contributed by atoms with van der Waals surface area (Å²) >= 11 is 9.44. The summed E-state index contributed by atoms with van der Waals surface area (Å²) in [5.74, 6) is 0.622. The van der Waals surface area contributed by atoms with Crippen molar-refractivity contribution in [1.82, 2.24) is 9.88 Å². The molecular formula is C20H19ClFN3OS2. The van der Waals surface area contributed by atoms with Crippen LogP contribution in [0.5, 0.6) is 0 Å². The number of benzene rings is 2. The quantitative estimate of drug-likeness (QED) is 0.533. The molecule has 2 aromatic carbocycles. The Balaban J connectivity index is 1.27. The summed E-state index contributed by atoms with van der Waals surface area (Å²) in [6.07, 6.45) is 0.485. The monoisotopic (exact) mass is 435 g/mol. The van der Waals surface area contributed by atoms with Gasteiger partial charge in [0.25, 0.3) is 0 Å². The molecule has 3 aromatic rings. The van der Waals surface area contributed by atoms with Crippen molar-refractivity contribution < 1.29 is 9.18 Å². The highest BCUT2D eigenvalue weighted by Gasteiger charge is 2.23. The van der Waals surface area contributed by atoms with Crippen molar-refractivity contribution in [2.24, 2.45) is 0 Å². The molecule has 0 atom stereocenters. The lowest BCUT2D eigenvalue weighted by atomic mass is 10.3. The molecule has 4 nitrogen and oxygen atoms in total. The van der Waals surface area contributed by atoms with Crippen LogP contribution in [0.4, 0.5) is 9.52 Å². The average molecular weight is 436 g/mol. The number of rotatable bonds is 5. The van der Waals surface area contributed by atoms with E-state index >= 15 is 0 Å². The predicted molar refractivity (Wildman–Crippen MR) is 115 cm³/mol. The van der Waals surface area contributed by atoms with Gasteiger partial charge >= 0.3 is 0 Å². The largest absolute Gasteiger partial charge is 0.345 e. The molecule has 0 unspecified atom stereocenters. The molecule has 1 aliphatic rings. The van der Waals surface area contributed by atoms with Crippen LogP contribution in [0.1, 0.15) is 6.42 Å². The van der Waals surface area contributed by atoms with Gasteiger partial charge < -0.3 is 9.80 Å². The molecule has 0 N–H and O–H groups in total. The molecule has 1 fully saturated rings. The predicted octanol–water partition coefficient (Wildman–Crippen LogP) is 4.92. The molecule has 1 saturated heterocycles. The lowest BCUT2D eigenvalue weighted by molar-refractivity contribution is -0.131. The summed E-state index contributed by atoms with van der Waals surface area (Å²) in [5.41, 5.74) is 0.848. The van der Waals surface area contributed by atoms with Crippen molar-refractivity contribution in [3.8, 4) is 0 Å². The molecule has 0 aliphatic carbocycles. The van der Waals surface area contributed by atoms with Crippen LogP contribution >= 0.6 is 34.7 Å². The third-order valence-corrected chi connectivity index (χ3v) is 7.06. The number of halogens is 2. The number of para-hydroxylation sites is 1. The van der Waals surface area contributed by atoms with Gasteiger partial charge in [0.1, 0.15) is 11.3 Å². The first kappa shape index (κ1) is 19.5. The fraction of sp³-hybridized carbons (Fsp3) is 0.300. The second kappa shape index (κ2) is 8.68. The van der Waals surface area contributed by atoms with E-state index < -0.39 is 0 Å². The number of amides is 1. The number of nitrogens with zero attached hydrogens (tertiary/aromatic N) is 3. The fourth-order valence-electron chi connectivity index (χ4n) is 3.13. The minimum atomic E-state index is -0.242. The second-order valence-corrected chi connectivity index (χ2v) is 9.09. The Kier molecular flexibility index (Phi) is 6.04. The Morgan fingerprint density at radius 3 is 2.61 bits per heavy atom. The zero-order valence-corrected chi connectivity index (χ0v) is 17.5. The van der Waals surface area contributed by atoms with Crippen molar-refractivity contribution in [2.45, 2.75) is 11.3 Å². The van der Waals surface area contributed by atoms with E-state index in [-0.39, 0.29) is 11.7 Å². The number of thiazole rings is 1. The number of carbonyl (C=O) groups is 1. The Bertz CT molecular complexity index is 971. The molecule has 0 radical (unpaired) electrons. The third-order valence-electron chi connectivity index (χ3n) is 4.66. The number of thioether (sulfide) groups is 1. The summed E-state index contributed by atoms with van der Waals surface area (Å²) in [4.78, 5) is 22.3. The number of fused-ring (bicyclic) bond motifs is 1. The molecule has 4 rings (SSSR count). The van der Waals surface area contributed by atoms with E-state index in [1.807, 2.05) is 23.1 Å². The molecule has 1 aliphatic heterocycles. The van der Waals surface area contributed by atoms with E-state index in [9.17, 15) is 9.18 Å². The fourth-order valence-corrected chi connectivity index (χ4v) is 5.29. The Morgan fingerprint density at radius 2 is 1.89 bits per heavy atom. The Morgan fingerprint density at radius 1 is 1.14 bits per heavy atom. The van der Waals surface area contributed by atoms with Crippen LogP contribution in [0.2, 0.25) is 5.02 Å². The third kappa shape index (κ3) is 4.42. The number of hydrogen-bond donors (Lipinski definition) is 0. The van der Waals surface area contributed by atoms with Crippen LogP contribution in [0.25, 0.3) is 10.2 Å². The number of anilines is 1. The van der Waals surface area contributed by atoms with Crippen LogP contribution in [0.15, 0.2) is 47.4 Å². The zero-order valence-electron chi connectivity index (χ0n) is 15.1. The first-order chi connectivity index (χ1) is 13.6. The van der Waals surface area contributed by atoms with E-state index in [0.717, 1.165) is 33.3 Å². The van der Waals surface area contributed by atoms with Crippen molar-refractivity contribution in [1.29, 1.82) is 0 Å². The maximum atomic E-state index is 12.9. The SMILES string of the molecule is O=C(CCSc1ccc(F)cc1)N1CCN(c2nc3c(Cl)cccc3s2)CC1. The van der Waals surface area contributed by atoms with Crippen LogP contribution in [-0.4, -0.2) is 47.7 Å². The zero-order chi connectivity index (χ0) is 19.5. The maximum Gasteiger partial charge on any atom is 0.223 e. The number of hydrogen-bond acceptors (Lipinski definition) is 5. The van der Waals surface area contributed by atoms with Gasteiger partial charge in [-0.1, -0.05) is 29.0 Å². The van der Waals surface area contributed by atoms with Gasteiger partial charge in [-0.2, -0.15) is 0 Å². The average Bonchev–Trinajstić information content (AvgIpc) is 3.15. The molecule has 0 saturated carbocycles. The lowest BCUT2D eigenvalue weighted by Crippen LogP contribution is -2.48. The highest BCUT2D eigenvalue weighted by atomic mass is 35.5. The Labute approximate surface area is 176 Å². The summed E-state index contributed by atoms with van der Waals surface area (Å²) in [5, 5.41) is 1.63. The van der Waals surface area contributed by atoms with Crippen molar-refractivity contribution in [3.63, 3.8) is 0 Å². The highest BCUT2D eigenvalue weighted by Crippen LogP contribution is 2.33. The molecule has 28 heavy (non-hydrogen) atoms.